The van der Waals surface area contributed by atoms with E-state index in [0.717, 1.165) is 17.2 Å². The normalized spacial score (nSPS) is 11.7. The summed E-state index contributed by atoms with van der Waals surface area (Å²) in [6, 6.07) is 11.4. The summed E-state index contributed by atoms with van der Waals surface area (Å²) in [5.74, 6) is -0.414. The zero-order valence-corrected chi connectivity index (χ0v) is 16.9. The van der Waals surface area contributed by atoms with Crippen LogP contribution in [0.25, 0.3) is 21.1 Å². The number of carbonyl (C=O) groups excluding carboxylic acids is 2. The van der Waals surface area contributed by atoms with E-state index in [4.69, 9.17) is 16.7 Å². The third kappa shape index (κ3) is 4.61. The largest absolute Gasteiger partial charge is 0.400 e. The smallest absolute Gasteiger partial charge is 0.261 e. The number of halogens is 2. The maximum Gasteiger partial charge on any atom is 0.261 e. The first-order valence-electron chi connectivity index (χ1n) is 8.56. The van der Waals surface area contributed by atoms with Gasteiger partial charge < -0.3 is 20.2 Å². The minimum Gasteiger partial charge on any atom is -0.400 e. The summed E-state index contributed by atoms with van der Waals surface area (Å²) in [7, 11) is 1.00. The number of aromatic amines is 1. The Kier molecular flexibility index (Phi) is 6.58. The average molecular weight is 434 g/mol. The lowest BCUT2D eigenvalue weighted by Crippen LogP contribution is -2.37. The fourth-order valence-corrected chi connectivity index (χ4v) is 3.95. The number of hydrogen-bond acceptors (Lipinski definition) is 5. The average Bonchev–Trinajstić information content (AvgIpc) is 3.32. The summed E-state index contributed by atoms with van der Waals surface area (Å²) < 4.78 is 14.5. The number of aldehydes is 1. The van der Waals surface area contributed by atoms with Gasteiger partial charge in [-0.1, -0.05) is 29.8 Å². The van der Waals surface area contributed by atoms with Crippen molar-refractivity contribution in [1.29, 1.82) is 0 Å². The Morgan fingerprint density at radius 2 is 2.10 bits per heavy atom. The Balaban J connectivity index is 0.00000117. The van der Waals surface area contributed by atoms with Crippen LogP contribution >= 0.6 is 22.9 Å². The number of imidazole rings is 1. The fraction of sp³-hybridized carbons (Fsp3) is 0.150. The topological polar surface area (TPSA) is 95.1 Å². The molecule has 0 saturated carbocycles. The number of amides is 1. The molecule has 2 heterocycles. The maximum atomic E-state index is 13.5. The van der Waals surface area contributed by atoms with Crippen molar-refractivity contribution < 1.29 is 19.1 Å². The van der Waals surface area contributed by atoms with Crippen molar-refractivity contribution in [2.75, 3.05) is 7.11 Å². The zero-order valence-electron chi connectivity index (χ0n) is 15.3. The molecule has 1 amide bonds. The molecule has 2 aromatic heterocycles. The summed E-state index contributed by atoms with van der Waals surface area (Å²) in [6.07, 6.45) is 0.819. The van der Waals surface area contributed by atoms with Gasteiger partial charge in [-0.15, -0.1) is 11.3 Å². The number of fused-ring (bicyclic) bond motifs is 2. The molecule has 4 aromatic rings. The van der Waals surface area contributed by atoms with Crippen molar-refractivity contribution >= 4 is 56.3 Å². The molecule has 2 aromatic carbocycles. The molecule has 1 atom stereocenters. The molecule has 0 aliphatic heterocycles. The van der Waals surface area contributed by atoms with Gasteiger partial charge in [0, 0.05) is 24.3 Å². The number of carbonyl (C=O) groups is 2. The van der Waals surface area contributed by atoms with Crippen molar-refractivity contribution in [3.63, 3.8) is 0 Å². The molecule has 9 heteroatoms. The monoisotopic (exact) mass is 433 g/mol. The van der Waals surface area contributed by atoms with E-state index < -0.39 is 11.9 Å². The fourth-order valence-electron chi connectivity index (χ4n) is 2.83. The summed E-state index contributed by atoms with van der Waals surface area (Å²) in [6.45, 7) is 0. The number of hydrogen-bond donors (Lipinski definition) is 3. The van der Waals surface area contributed by atoms with Crippen LogP contribution in [-0.2, 0) is 11.2 Å². The molecule has 29 heavy (non-hydrogen) atoms. The van der Waals surface area contributed by atoms with Gasteiger partial charge in [-0.3, -0.25) is 4.79 Å². The van der Waals surface area contributed by atoms with Gasteiger partial charge >= 0.3 is 0 Å². The number of aliphatic hydroxyl groups excluding tert-OH is 1. The van der Waals surface area contributed by atoms with Crippen LogP contribution in [0.2, 0.25) is 5.02 Å². The Bertz CT molecular complexity index is 1100. The standard InChI is InChI=1S/C19H13ClFN3O2S.CH4O/c20-12-7-14-15(8-13(12)21)24-18(23-14)6-11(9-25)22-19(26)17-5-10-3-1-2-4-16(10)27-17;1-2/h1-5,7-9,11H,6H2,(H,22,26)(H,23,24);2H,1H3. The van der Waals surface area contributed by atoms with Crippen LogP contribution in [-0.4, -0.2) is 40.4 Å². The highest BCUT2D eigenvalue weighted by Crippen LogP contribution is 2.25. The first-order chi connectivity index (χ1) is 14.0. The third-order valence-electron chi connectivity index (χ3n) is 4.12. The highest BCUT2D eigenvalue weighted by atomic mass is 35.5. The Labute approximate surface area is 174 Å². The lowest BCUT2D eigenvalue weighted by molar-refractivity contribution is -0.109. The molecule has 150 valence electrons. The molecule has 0 radical (unpaired) electrons. The SMILES string of the molecule is CO.O=CC(Cc1nc2cc(Cl)c(F)cc2[nH]1)NC(=O)c1cc2ccccc2s1. The number of benzene rings is 2. The molecular weight excluding hydrogens is 417 g/mol. The number of nitrogens with zero attached hydrogens (tertiary/aromatic N) is 1. The van der Waals surface area contributed by atoms with Gasteiger partial charge in [0.05, 0.1) is 27.0 Å². The summed E-state index contributed by atoms with van der Waals surface area (Å²) in [5, 5.41) is 10.7. The van der Waals surface area contributed by atoms with Gasteiger partial charge in [0.1, 0.15) is 17.9 Å². The van der Waals surface area contributed by atoms with Gasteiger partial charge in [0.15, 0.2) is 0 Å². The van der Waals surface area contributed by atoms with E-state index in [2.05, 4.69) is 15.3 Å². The van der Waals surface area contributed by atoms with E-state index >= 15 is 0 Å². The third-order valence-corrected chi connectivity index (χ3v) is 5.52. The predicted molar refractivity (Wildman–Crippen MR) is 112 cm³/mol. The molecule has 0 saturated heterocycles. The van der Waals surface area contributed by atoms with Crippen LogP contribution in [0.15, 0.2) is 42.5 Å². The summed E-state index contributed by atoms with van der Waals surface area (Å²) in [5.41, 5.74) is 0.976. The quantitative estimate of drug-likeness (QED) is 0.418. The van der Waals surface area contributed by atoms with E-state index in [-0.39, 0.29) is 17.4 Å². The number of H-pyrrole nitrogens is 1. The molecule has 0 aliphatic rings. The number of rotatable bonds is 5. The summed E-state index contributed by atoms with van der Waals surface area (Å²) >= 11 is 7.12. The molecule has 0 bridgehead atoms. The van der Waals surface area contributed by atoms with Crippen molar-refractivity contribution in [3.05, 3.63) is 64.0 Å². The van der Waals surface area contributed by atoms with E-state index in [9.17, 15) is 14.0 Å². The first kappa shape index (κ1) is 20.9. The van der Waals surface area contributed by atoms with Crippen LogP contribution in [0.5, 0.6) is 0 Å². The Morgan fingerprint density at radius 3 is 2.83 bits per heavy atom. The van der Waals surface area contributed by atoms with Crippen molar-refractivity contribution in [2.24, 2.45) is 0 Å². The second-order valence-corrected chi connectivity index (χ2v) is 7.53. The lowest BCUT2D eigenvalue weighted by atomic mass is 10.2. The highest BCUT2D eigenvalue weighted by Gasteiger charge is 2.18. The minimum absolute atomic E-state index is 0.0226. The van der Waals surface area contributed by atoms with E-state index in [1.165, 1.54) is 23.5 Å². The van der Waals surface area contributed by atoms with Crippen molar-refractivity contribution in [1.82, 2.24) is 15.3 Å². The van der Waals surface area contributed by atoms with Gasteiger partial charge in [0.25, 0.3) is 5.91 Å². The summed E-state index contributed by atoms with van der Waals surface area (Å²) in [4.78, 5) is 31.7. The minimum atomic E-state index is -0.761. The van der Waals surface area contributed by atoms with Crippen LogP contribution in [0, 0.1) is 5.82 Å². The van der Waals surface area contributed by atoms with Gasteiger partial charge in [-0.2, -0.15) is 0 Å². The lowest BCUT2D eigenvalue weighted by Gasteiger charge is -2.10. The second kappa shape index (κ2) is 9.13. The predicted octanol–water partition coefficient (Wildman–Crippen LogP) is 3.72. The zero-order chi connectivity index (χ0) is 21.0. The van der Waals surface area contributed by atoms with Crippen molar-refractivity contribution in [3.8, 4) is 0 Å². The van der Waals surface area contributed by atoms with Gasteiger partial charge in [0.2, 0.25) is 0 Å². The number of aromatic nitrogens is 2. The number of nitrogens with one attached hydrogen (secondary N) is 2. The van der Waals surface area contributed by atoms with E-state index in [1.807, 2.05) is 24.3 Å². The Hall–Kier alpha value is -2.81. The maximum absolute atomic E-state index is 13.5. The molecule has 1 unspecified atom stereocenters. The van der Waals surface area contributed by atoms with E-state index in [0.29, 0.717) is 28.0 Å². The second-order valence-electron chi connectivity index (χ2n) is 6.04. The molecule has 6 nitrogen and oxygen atoms in total. The molecule has 0 fully saturated rings. The number of aliphatic hydroxyl groups is 1. The van der Waals surface area contributed by atoms with Gasteiger partial charge in [-0.05, 0) is 23.6 Å². The molecule has 3 N–H and O–H groups in total. The van der Waals surface area contributed by atoms with Gasteiger partial charge in [-0.25, -0.2) is 9.37 Å². The molecule has 0 aliphatic carbocycles. The first-order valence-corrected chi connectivity index (χ1v) is 9.76. The number of thiophene rings is 1. The van der Waals surface area contributed by atoms with Crippen LogP contribution in [0.4, 0.5) is 4.39 Å². The molecule has 0 spiro atoms. The molecular formula is C20H17ClFN3O3S. The van der Waals surface area contributed by atoms with Crippen LogP contribution in [0.1, 0.15) is 15.5 Å². The highest BCUT2D eigenvalue weighted by molar-refractivity contribution is 7.20. The van der Waals surface area contributed by atoms with Crippen LogP contribution in [0.3, 0.4) is 0 Å². The van der Waals surface area contributed by atoms with Crippen LogP contribution < -0.4 is 5.32 Å². The van der Waals surface area contributed by atoms with E-state index in [1.54, 1.807) is 6.07 Å². The molecule has 4 rings (SSSR count). The van der Waals surface area contributed by atoms with Crippen molar-refractivity contribution in [2.45, 2.75) is 12.5 Å². The Morgan fingerprint density at radius 1 is 1.34 bits per heavy atom.